The van der Waals surface area contributed by atoms with E-state index in [1.54, 1.807) is 24.3 Å². The van der Waals surface area contributed by atoms with Crippen molar-refractivity contribution in [3.63, 3.8) is 0 Å². The van der Waals surface area contributed by atoms with Crippen molar-refractivity contribution in [3.8, 4) is 6.07 Å². The van der Waals surface area contributed by atoms with Crippen LogP contribution in [0.15, 0.2) is 67.0 Å². The topological polar surface area (TPSA) is 115 Å². The van der Waals surface area contributed by atoms with Gasteiger partial charge < -0.3 is 15.5 Å². The fourth-order valence-electron chi connectivity index (χ4n) is 6.80. The Hall–Kier alpha value is -4.83. The zero-order valence-corrected chi connectivity index (χ0v) is 30.4. The predicted molar refractivity (Wildman–Crippen MR) is 198 cm³/mol. The number of pyridine rings is 1. The summed E-state index contributed by atoms with van der Waals surface area (Å²) >= 11 is 12.9. The highest BCUT2D eigenvalue weighted by Crippen LogP contribution is 2.38. The molecule has 2 aliphatic heterocycles. The molecule has 0 aliphatic carbocycles. The number of nitriles is 1. The van der Waals surface area contributed by atoms with Gasteiger partial charge in [-0.25, -0.2) is 13.5 Å². The maximum atomic E-state index is 14.0. The van der Waals surface area contributed by atoms with Crippen LogP contribution < -0.4 is 10.6 Å². The highest BCUT2D eigenvalue weighted by Gasteiger charge is 2.32. The standard InChI is InChI=1S/C38H37Cl2F2N9O/c1-38(2,3)50-11-9-28(10-12-50)51-21-33(47-48-51)35(22-5-4-6-23(13-22)37(52)49-19-25(41)20-49)46-27-14-29-34(45-26-7-8-32(42)30(39)15-26)24(17-43)18-44-36(29)31(40)16-27/h4-8,13-16,18,21,25,28,35,46H,9-12,19-20H2,1-3H3,(H,44,45). The minimum Gasteiger partial charge on any atom is -0.373 e. The van der Waals surface area contributed by atoms with Crippen LogP contribution in [0, 0.1) is 17.1 Å². The van der Waals surface area contributed by atoms with E-state index < -0.39 is 18.0 Å². The average molecular weight is 745 g/mol. The van der Waals surface area contributed by atoms with Gasteiger partial charge in [0.25, 0.3) is 5.91 Å². The van der Waals surface area contributed by atoms with E-state index in [0.717, 1.165) is 31.5 Å². The molecule has 268 valence electrons. The van der Waals surface area contributed by atoms with Gasteiger partial charge in [-0.1, -0.05) is 40.5 Å². The summed E-state index contributed by atoms with van der Waals surface area (Å²) in [5.41, 5.74) is 4.02. The number of benzene rings is 3. The monoisotopic (exact) mass is 743 g/mol. The number of fused-ring (bicyclic) bond motifs is 1. The summed E-state index contributed by atoms with van der Waals surface area (Å²) < 4.78 is 29.5. The zero-order valence-electron chi connectivity index (χ0n) is 28.9. The summed E-state index contributed by atoms with van der Waals surface area (Å²) in [6.07, 6.45) is 4.21. The fraction of sp³-hybridized carbons (Fsp3) is 0.342. The molecule has 14 heteroatoms. The van der Waals surface area contributed by atoms with E-state index in [0.29, 0.717) is 44.2 Å². The fourth-order valence-corrected chi connectivity index (χ4v) is 7.25. The van der Waals surface area contributed by atoms with Crippen LogP contribution in [0.3, 0.4) is 0 Å². The number of aromatic nitrogens is 4. The molecule has 3 aromatic carbocycles. The van der Waals surface area contributed by atoms with Gasteiger partial charge in [0.2, 0.25) is 0 Å². The molecular weight excluding hydrogens is 707 g/mol. The summed E-state index contributed by atoms with van der Waals surface area (Å²) in [4.78, 5) is 21.7. The first-order chi connectivity index (χ1) is 24.9. The van der Waals surface area contributed by atoms with Gasteiger partial charge in [-0.2, -0.15) is 5.26 Å². The van der Waals surface area contributed by atoms with Gasteiger partial charge >= 0.3 is 0 Å². The van der Waals surface area contributed by atoms with Crippen LogP contribution >= 0.6 is 23.2 Å². The summed E-state index contributed by atoms with van der Waals surface area (Å²) in [5.74, 6) is -0.813. The molecule has 1 amide bonds. The zero-order chi connectivity index (χ0) is 36.7. The molecule has 0 spiro atoms. The number of carbonyl (C=O) groups is 1. The third-order valence-electron chi connectivity index (χ3n) is 9.75. The number of anilines is 3. The molecule has 2 aliphatic rings. The van der Waals surface area contributed by atoms with E-state index >= 15 is 0 Å². The summed E-state index contributed by atoms with van der Waals surface area (Å²) in [6.45, 7) is 8.70. The minimum atomic E-state index is -1.01. The number of hydrogen-bond donors (Lipinski definition) is 2. The summed E-state index contributed by atoms with van der Waals surface area (Å²) in [5, 5.41) is 26.8. The molecule has 5 aromatic rings. The maximum absolute atomic E-state index is 14.0. The molecule has 10 nitrogen and oxygen atoms in total. The van der Waals surface area contributed by atoms with Crippen molar-refractivity contribution in [2.45, 2.75) is 57.4 Å². The van der Waals surface area contributed by atoms with Crippen molar-refractivity contribution < 1.29 is 13.6 Å². The van der Waals surface area contributed by atoms with Crippen LogP contribution in [0.4, 0.5) is 25.8 Å². The number of halogens is 4. The minimum absolute atomic E-state index is 0.0713. The van der Waals surface area contributed by atoms with Gasteiger partial charge in [0, 0.05) is 47.1 Å². The lowest BCUT2D eigenvalue weighted by Crippen LogP contribution is -2.51. The van der Waals surface area contributed by atoms with E-state index in [1.807, 2.05) is 23.0 Å². The first kappa shape index (κ1) is 35.6. The SMILES string of the molecule is CC(C)(C)N1CCC(n2cc(C(Nc3cc(Cl)c4ncc(C#N)c(Nc5ccc(F)c(Cl)c5)c4c3)c3cccc(C(=O)N4CC(F)C4)c3)nn2)CC1. The molecule has 2 fully saturated rings. The normalized spacial score (nSPS) is 16.4. The summed E-state index contributed by atoms with van der Waals surface area (Å²) in [7, 11) is 0. The van der Waals surface area contributed by atoms with Crippen molar-refractivity contribution >= 4 is 57.1 Å². The Bertz CT molecular complexity index is 2180. The van der Waals surface area contributed by atoms with E-state index in [9.17, 15) is 18.8 Å². The van der Waals surface area contributed by atoms with Gasteiger partial charge in [-0.05, 0) is 81.6 Å². The van der Waals surface area contributed by atoms with Gasteiger partial charge in [-0.3, -0.25) is 14.7 Å². The molecule has 0 saturated carbocycles. The molecule has 2 N–H and O–H groups in total. The van der Waals surface area contributed by atoms with E-state index in [4.69, 9.17) is 23.2 Å². The van der Waals surface area contributed by atoms with Gasteiger partial charge in [0.1, 0.15) is 23.8 Å². The maximum Gasteiger partial charge on any atom is 0.254 e. The van der Waals surface area contributed by atoms with Crippen molar-refractivity contribution in [1.29, 1.82) is 5.26 Å². The first-order valence-electron chi connectivity index (χ1n) is 17.1. The number of nitrogens with one attached hydrogen (secondary N) is 2. The molecule has 1 atom stereocenters. The third kappa shape index (κ3) is 7.26. The number of nitrogens with zero attached hydrogens (tertiary/aromatic N) is 7. The lowest BCUT2D eigenvalue weighted by atomic mass is 9.98. The molecule has 2 saturated heterocycles. The number of amides is 1. The molecule has 0 radical (unpaired) electrons. The van der Waals surface area contributed by atoms with Crippen molar-refractivity contribution in [1.82, 2.24) is 29.8 Å². The third-order valence-corrected chi connectivity index (χ3v) is 10.3. The van der Waals surface area contributed by atoms with Crippen molar-refractivity contribution in [3.05, 3.63) is 105 Å². The first-order valence-corrected chi connectivity index (χ1v) is 17.8. The Morgan fingerprint density at radius 1 is 1.04 bits per heavy atom. The van der Waals surface area contributed by atoms with Crippen LogP contribution in [0.1, 0.15) is 72.9 Å². The number of likely N-dealkylation sites (tertiary alicyclic amines) is 2. The molecular formula is C38H37Cl2F2N9O. The highest BCUT2D eigenvalue weighted by atomic mass is 35.5. The number of rotatable bonds is 8. The van der Waals surface area contributed by atoms with Gasteiger partial charge in [0.05, 0.1) is 58.2 Å². The van der Waals surface area contributed by atoms with Gasteiger partial charge in [-0.15, -0.1) is 5.10 Å². The quantitative estimate of drug-likeness (QED) is 0.163. The second-order valence-corrected chi connectivity index (χ2v) is 15.1. The van der Waals surface area contributed by atoms with Crippen molar-refractivity contribution in [2.75, 3.05) is 36.8 Å². The van der Waals surface area contributed by atoms with Crippen LogP contribution in [-0.4, -0.2) is 73.6 Å². The predicted octanol–water partition coefficient (Wildman–Crippen LogP) is 8.32. The second kappa shape index (κ2) is 14.3. The number of carbonyl (C=O) groups excluding carboxylic acids is 1. The average Bonchev–Trinajstić information content (AvgIpc) is 3.61. The number of hydrogen-bond acceptors (Lipinski definition) is 8. The second-order valence-electron chi connectivity index (χ2n) is 14.3. The summed E-state index contributed by atoms with van der Waals surface area (Å²) in [6, 6.07) is 16.7. The molecule has 1 unspecified atom stereocenters. The lowest BCUT2D eigenvalue weighted by molar-refractivity contribution is 0.0400. The van der Waals surface area contributed by atoms with E-state index in [1.165, 1.54) is 29.3 Å². The Kier molecular flexibility index (Phi) is 9.78. The lowest BCUT2D eigenvalue weighted by Gasteiger charge is -2.40. The largest absolute Gasteiger partial charge is 0.373 e. The van der Waals surface area contributed by atoms with Crippen LogP contribution in [0.25, 0.3) is 10.9 Å². The van der Waals surface area contributed by atoms with E-state index in [2.05, 4.69) is 57.7 Å². The Morgan fingerprint density at radius 3 is 2.48 bits per heavy atom. The van der Waals surface area contributed by atoms with Crippen LogP contribution in [0.2, 0.25) is 10.0 Å². The number of piperidine rings is 1. The molecule has 2 aromatic heterocycles. The Balaban J connectivity index is 1.26. The van der Waals surface area contributed by atoms with Crippen molar-refractivity contribution in [2.24, 2.45) is 0 Å². The Morgan fingerprint density at radius 2 is 1.79 bits per heavy atom. The van der Waals surface area contributed by atoms with Crippen LogP contribution in [0.5, 0.6) is 0 Å². The van der Waals surface area contributed by atoms with Crippen LogP contribution in [-0.2, 0) is 0 Å². The molecule has 0 bridgehead atoms. The molecule has 7 rings (SSSR count). The molecule has 52 heavy (non-hydrogen) atoms. The van der Waals surface area contributed by atoms with E-state index in [-0.39, 0.29) is 41.2 Å². The smallest absolute Gasteiger partial charge is 0.254 e. The Labute approximate surface area is 310 Å². The number of alkyl halides is 1. The molecule has 4 heterocycles. The highest BCUT2D eigenvalue weighted by molar-refractivity contribution is 6.36. The van der Waals surface area contributed by atoms with Gasteiger partial charge in [0.15, 0.2) is 0 Å².